The monoisotopic (exact) mass is 377 g/mol. The first-order chi connectivity index (χ1) is 13.5. The van der Waals surface area contributed by atoms with Crippen LogP contribution >= 0.6 is 0 Å². The van der Waals surface area contributed by atoms with E-state index in [-0.39, 0.29) is 11.6 Å². The van der Waals surface area contributed by atoms with Crippen molar-refractivity contribution in [3.8, 4) is 0 Å². The molecular weight excluding hydrogens is 354 g/mol. The van der Waals surface area contributed by atoms with Gasteiger partial charge in [-0.15, -0.1) is 0 Å². The van der Waals surface area contributed by atoms with Gasteiger partial charge in [0.05, 0.1) is 12.5 Å². The van der Waals surface area contributed by atoms with Crippen LogP contribution in [0.5, 0.6) is 0 Å². The highest BCUT2D eigenvalue weighted by atomic mass is 16.2. The second-order valence-corrected chi connectivity index (χ2v) is 7.30. The lowest BCUT2D eigenvalue weighted by atomic mass is 9.98. The summed E-state index contributed by atoms with van der Waals surface area (Å²) in [6.45, 7) is 5.06. The molecule has 0 spiro atoms. The van der Waals surface area contributed by atoms with Crippen LogP contribution in [0.3, 0.4) is 0 Å². The summed E-state index contributed by atoms with van der Waals surface area (Å²) in [5.41, 5.74) is 3.87. The summed E-state index contributed by atoms with van der Waals surface area (Å²) in [5, 5.41) is 7.46. The summed E-state index contributed by atoms with van der Waals surface area (Å²) in [5.74, 6) is -0.0291. The molecule has 7 heteroatoms. The number of hydrogen-bond donors (Lipinski definition) is 1. The van der Waals surface area contributed by atoms with Crippen LogP contribution in [-0.2, 0) is 17.9 Å². The summed E-state index contributed by atoms with van der Waals surface area (Å²) in [6, 6.07) is 9.67. The van der Waals surface area contributed by atoms with E-state index in [1.807, 2.05) is 13.8 Å². The minimum absolute atomic E-state index is 0.143. The predicted molar refractivity (Wildman–Crippen MR) is 106 cm³/mol. The Morgan fingerprint density at radius 2 is 2.00 bits per heavy atom. The molecule has 1 atom stereocenters. The molecule has 0 aliphatic carbocycles. The van der Waals surface area contributed by atoms with Crippen molar-refractivity contribution in [1.82, 2.24) is 19.3 Å². The van der Waals surface area contributed by atoms with Crippen LogP contribution in [0, 0.1) is 13.8 Å². The molecule has 144 valence electrons. The van der Waals surface area contributed by atoms with Gasteiger partial charge in [-0.25, -0.2) is 9.48 Å². The Balaban J connectivity index is 1.63. The molecule has 0 radical (unpaired) electrons. The fraction of sp³-hybridized carbons (Fsp3) is 0.333. The predicted octanol–water partition coefficient (Wildman–Crippen LogP) is 2.62. The minimum Gasteiger partial charge on any atom is -0.325 e. The van der Waals surface area contributed by atoms with Crippen molar-refractivity contribution in [3.63, 3.8) is 0 Å². The molecule has 0 fully saturated rings. The zero-order valence-corrected chi connectivity index (χ0v) is 16.1. The van der Waals surface area contributed by atoms with Gasteiger partial charge >= 0.3 is 5.69 Å². The molecule has 1 unspecified atom stereocenters. The third-order valence-corrected chi connectivity index (χ3v) is 5.23. The number of pyridine rings is 1. The number of rotatable bonds is 4. The van der Waals surface area contributed by atoms with Gasteiger partial charge in [0.2, 0.25) is 5.91 Å². The summed E-state index contributed by atoms with van der Waals surface area (Å²) < 4.78 is 3.13. The molecule has 4 rings (SSSR count). The molecule has 0 bridgehead atoms. The van der Waals surface area contributed by atoms with Gasteiger partial charge in [0.1, 0.15) is 5.82 Å². The van der Waals surface area contributed by atoms with Crippen molar-refractivity contribution in [2.24, 2.45) is 0 Å². The van der Waals surface area contributed by atoms with E-state index in [0.29, 0.717) is 31.0 Å². The third kappa shape index (κ3) is 3.47. The Labute approximate surface area is 163 Å². The smallest absolute Gasteiger partial charge is 0.325 e. The lowest BCUT2D eigenvalue weighted by Crippen LogP contribution is -2.32. The Morgan fingerprint density at radius 3 is 2.79 bits per heavy atom. The first-order valence-electron chi connectivity index (χ1n) is 9.47. The van der Waals surface area contributed by atoms with Gasteiger partial charge in [-0.1, -0.05) is 23.8 Å². The van der Waals surface area contributed by atoms with E-state index in [0.717, 1.165) is 23.1 Å². The lowest BCUT2D eigenvalue weighted by Gasteiger charge is -2.21. The Morgan fingerprint density at radius 1 is 1.21 bits per heavy atom. The largest absolute Gasteiger partial charge is 0.346 e. The minimum atomic E-state index is -0.436. The highest BCUT2D eigenvalue weighted by Crippen LogP contribution is 2.26. The number of nitrogens with zero attached hydrogens (tertiary/aromatic N) is 4. The second kappa shape index (κ2) is 7.42. The number of fused-ring (bicyclic) bond motifs is 1. The number of amides is 1. The summed E-state index contributed by atoms with van der Waals surface area (Å²) in [6.07, 6.45) is 4.71. The number of nitrogens with one attached hydrogen (secondary N) is 1. The number of hydrogen-bond acceptors (Lipinski definition) is 4. The molecule has 3 heterocycles. The maximum absolute atomic E-state index is 12.9. The number of aryl methyl sites for hydroxylation is 2. The molecule has 1 aliphatic heterocycles. The molecule has 0 saturated carbocycles. The summed E-state index contributed by atoms with van der Waals surface area (Å²) in [7, 11) is 0. The van der Waals surface area contributed by atoms with Crippen molar-refractivity contribution in [1.29, 1.82) is 0 Å². The summed E-state index contributed by atoms with van der Waals surface area (Å²) in [4.78, 5) is 29.6. The van der Waals surface area contributed by atoms with Crippen LogP contribution in [0.25, 0.3) is 0 Å². The van der Waals surface area contributed by atoms with Gasteiger partial charge in [-0.3, -0.25) is 14.3 Å². The molecule has 7 nitrogen and oxygen atoms in total. The number of anilines is 1. The van der Waals surface area contributed by atoms with Crippen molar-refractivity contribution in [3.05, 3.63) is 75.7 Å². The van der Waals surface area contributed by atoms with E-state index in [2.05, 4.69) is 33.6 Å². The zero-order chi connectivity index (χ0) is 19.7. The van der Waals surface area contributed by atoms with Crippen molar-refractivity contribution in [2.45, 2.75) is 45.7 Å². The van der Waals surface area contributed by atoms with Crippen molar-refractivity contribution >= 4 is 11.6 Å². The van der Waals surface area contributed by atoms with E-state index in [4.69, 9.17) is 0 Å². The van der Waals surface area contributed by atoms with E-state index in [1.165, 1.54) is 4.68 Å². The van der Waals surface area contributed by atoms with Crippen LogP contribution in [0.2, 0.25) is 0 Å². The molecule has 2 aromatic heterocycles. The van der Waals surface area contributed by atoms with E-state index < -0.39 is 5.92 Å². The van der Waals surface area contributed by atoms with E-state index in [9.17, 15) is 9.59 Å². The van der Waals surface area contributed by atoms with Gasteiger partial charge < -0.3 is 5.32 Å². The highest BCUT2D eigenvalue weighted by Gasteiger charge is 2.31. The fourth-order valence-electron chi connectivity index (χ4n) is 3.66. The number of carbonyl (C=O) groups is 1. The molecule has 1 aromatic carbocycles. The topological polar surface area (TPSA) is 81.8 Å². The Kier molecular flexibility index (Phi) is 4.81. The molecule has 3 aromatic rings. The van der Waals surface area contributed by atoms with Crippen molar-refractivity contribution < 1.29 is 4.79 Å². The van der Waals surface area contributed by atoms with Gasteiger partial charge in [0, 0.05) is 24.6 Å². The number of carbonyl (C=O) groups excluding carboxylic acids is 1. The Hall–Kier alpha value is -3.22. The lowest BCUT2D eigenvalue weighted by molar-refractivity contribution is -0.118. The average Bonchev–Trinajstić information content (AvgIpc) is 3.01. The first kappa shape index (κ1) is 18.2. The molecule has 1 amide bonds. The third-order valence-electron chi connectivity index (χ3n) is 5.23. The van der Waals surface area contributed by atoms with Crippen LogP contribution in [0.15, 0.2) is 47.5 Å². The molecule has 1 aliphatic rings. The zero-order valence-electron chi connectivity index (χ0n) is 16.1. The van der Waals surface area contributed by atoms with Gasteiger partial charge in [-0.05, 0) is 49.9 Å². The fourth-order valence-corrected chi connectivity index (χ4v) is 3.66. The first-order valence-corrected chi connectivity index (χ1v) is 9.47. The van der Waals surface area contributed by atoms with Crippen molar-refractivity contribution in [2.75, 3.05) is 5.32 Å². The normalized spacial score (nSPS) is 15.9. The quantitative estimate of drug-likeness (QED) is 0.758. The number of aromatic nitrogens is 4. The van der Waals surface area contributed by atoms with Gasteiger partial charge in [-0.2, -0.15) is 5.10 Å². The van der Waals surface area contributed by atoms with E-state index in [1.54, 1.807) is 29.1 Å². The van der Waals surface area contributed by atoms with Crippen LogP contribution in [0.1, 0.15) is 41.3 Å². The standard InChI is InChI=1S/C21H23N5O2/c1-14-5-6-15(2)16(12-14)13-26-21(28)25-11-3-4-18(19(25)24-26)20(27)23-17-7-9-22-10-8-17/h5-10,12,18H,3-4,11,13H2,1-2H3,(H,22,23,27). The molecule has 28 heavy (non-hydrogen) atoms. The van der Waals surface area contributed by atoms with Crippen LogP contribution in [-0.4, -0.2) is 25.2 Å². The average molecular weight is 377 g/mol. The van der Waals surface area contributed by atoms with E-state index >= 15 is 0 Å². The molecule has 0 saturated heterocycles. The maximum Gasteiger partial charge on any atom is 0.346 e. The second-order valence-electron chi connectivity index (χ2n) is 7.30. The van der Waals surface area contributed by atoms with Crippen LogP contribution < -0.4 is 11.0 Å². The summed E-state index contributed by atoms with van der Waals surface area (Å²) >= 11 is 0. The highest BCUT2D eigenvalue weighted by molar-refractivity contribution is 5.95. The van der Waals surface area contributed by atoms with Crippen LogP contribution in [0.4, 0.5) is 5.69 Å². The number of benzene rings is 1. The van der Waals surface area contributed by atoms with Gasteiger partial charge in [0.25, 0.3) is 0 Å². The molecular formula is C21H23N5O2. The molecule has 1 N–H and O–H groups in total. The Bertz CT molecular complexity index is 1070. The SMILES string of the molecule is Cc1ccc(C)c(Cn2nc3n(c2=O)CCCC3C(=O)Nc2ccncc2)c1. The van der Waals surface area contributed by atoms with Gasteiger partial charge in [0.15, 0.2) is 0 Å². The maximum atomic E-state index is 12.9.